The molecule has 0 saturated heterocycles. The average molecular weight is 331 g/mol. The molecular weight excluding hydrogens is 318 g/mol. The van der Waals surface area contributed by atoms with E-state index in [-0.39, 0.29) is 29.3 Å². The van der Waals surface area contributed by atoms with Crippen LogP contribution < -0.4 is 10.4 Å². The molecule has 7 nitrogen and oxygen atoms in total. The van der Waals surface area contributed by atoms with E-state index >= 15 is 0 Å². The third kappa shape index (κ3) is 2.93. The number of benzene rings is 1. The monoisotopic (exact) mass is 331 g/mol. The average Bonchev–Trinajstić information content (AvgIpc) is 2.87. The molecule has 3 rings (SSSR count). The van der Waals surface area contributed by atoms with Crippen molar-refractivity contribution in [3.63, 3.8) is 0 Å². The van der Waals surface area contributed by atoms with E-state index in [1.807, 2.05) is 6.92 Å². The Hall–Kier alpha value is -2.74. The summed E-state index contributed by atoms with van der Waals surface area (Å²) in [5.74, 6) is -0.640. The van der Waals surface area contributed by atoms with E-state index in [2.05, 4.69) is 10.2 Å². The largest absolute Gasteiger partial charge is 0.459 e. The SMILES string of the molecule is Cc1csc(=O)n1CCOC(=O)c1n[nH]c(=O)c2ccccc12. The Morgan fingerprint density at radius 3 is 2.74 bits per heavy atom. The Morgan fingerprint density at radius 1 is 1.30 bits per heavy atom. The fourth-order valence-corrected chi connectivity index (χ4v) is 3.00. The molecule has 0 spiro atoms. The van der Waals surface area contributed by atoms with Crippen LogP contribution >= 0.6 is 11.3 Å². The van der Waals surface area contributed by atoms with Gasteiger partial charge in [0.1, 0.15) is 6.61 Å². The number of aromatic nitrogens is 3. The second-order valence-electron chi connectivity index (χ2n) is 4.88. The van der Waals surface area contributed by atoms with Gasteiger partial charge in [-0.05, 0) is 13.0 Å². The van der Waals surface area contributed by atoms with Crippen LogP contribution in [0.25, 0.3) is 10.8 Å². The molecule has 0 amide bonds. The van der Waals surface area contributed by atoms with Crippen LogP contribution in [-0.2, 0) is 11.3 Å². The lowest BCUT2D eigenvalue weighted by molar-refractivity contribution is 0.0484. The molecule has 2 heterocycles. The summed E-state index contributed by atoms with van der Waals surface area (Å²) in [7, 11) is 0. The Kier molecular flexibility index (Phi) is 4.07. The Morgan fingerprint density at radius 2 is 2.04 bits per heavy atom. The van der Waals surface area contributed by atoms with Crippen molar-refractivity contribution >= 4 is 28.1 Å². The molecular formula is C15H13N3O4S. The second kappa shape index (κ2) is 6.17. The van der Waals surface area contributed by atoms with E-state index in [1.54, 1.807) is 29.6 Å². The van der Waals surface area contributed by atoms with Gasteiger partial charge in [0.2, 0.25) is 0 Å². The molecule has 0 aliphatic carbocycles. The highest BCUT2D eigenvalue weighted by Crippen LogP contribution is 2.13. The van der Waals surface area contributed by atoms with Crippen molar-refractivity contribution in [2.75, 3.05) is 6.61 Å². The van der Waals surface area contributed by atoms with Crippen LogP contribution in [-0.4, -0.2) is 27.3 Å². The van der Waals surface area contributed by atoms with Crippen LogP contribution in [0.15, 0.2) is 39.2 Å². The van der Waals surface area contributed by atoms with Crippen molar-refractivity contribution in [1.29, 1.82) is 0 Å². The molecule has 2 aromatic heterocycles. The van der Waals surface area contributed by atoms with E-state index < -0.39 is 5.97 Å². The lowest BCUT2D eigenvalue weighted by Crippen LogP contribution is -2.21. The minimum Gasteiger partial charge on any atom is -0.459 e. The standard InChI is InChI=1S/C15H13N3O4S/c1-9-8-23-15(21)18(9)6-7-22-14(20)12-10-4-2-3-5-11(10)13(19)17-16-12/h2-5,8H,6-7H2,1H3,(H,17,19). The summed E-state index contributed by atoms with van der Waals surface area (Å²) < 4.78 is 6.72. The molecule has 0 bridgehead atoms. The predicted molar refractivity (Wildman–Crippen MR) is 86.0 cm³/mol. The lowest BCUT2D eigenvalue weighted by atomic mass is 10.1. The quantitative estimate of drug-likeness (QED) is 0.728. The normalized spacial score (nSPS) is 10.8. The molecule has 118 valence electrons. The number of rotatable bonds is 4. The summed E-state index contributed by atoms with van der Waals surface area (Å²) in [5, 5.41) is 8.63. The zero-order valence-electron chi connectivity index (χ0n) is 12.2. The summed E-state index contributed by atoms with van der Waals surface area (Å²) in [6, 6.07) is 6.68. The van der Waals surface area contributed by atoms with Crippen molar-refractivity contribution in [3.8, 4) is 0 Å². The summed E-state index contributed by atoms with van der Waals surface area (Å²) in [5.41, 5.74) is 0.510. The van der Waals surface area contributed by atoms with E-state index in [9.17, 15) is 14.4 Å². The third-order valence-electron chi connectivity index (χ3n) is 3.41. The Balaban J connectivity index is 1.78. The van der Waals surface area contributed by atoms with Crippen LogP contribution in [0, 0.1) is 6.92 Å². The number of nitrogens with zero attached hydrogens (tertiary/aromatic N) is 2. The molecule has 8 heteroatoms. The van der Waals surface area contributed by atoms with Gasteiger partial charge in [-0.25, -0.2) is 9.89 Å². The number of fused-ring (bicyclic) bond motifs is 1. The fourth-order valence-electron chi connectivity index (χ4n) is 2.24. The number of H-pyrrole nitrogens is 1. The van der Waals surface area contributed by atoms with E-state index in [0.29, 0.717) is 10.8 Å². The molecule has 0 fully saturated rings. The Labute approximate surface area is 134 Å². The molecule has 0 radical (unpaired) electrons. The van der Waals surface area contributed by atoms with Gasteiger partial charge in [0.25, 0.3) is 5.56 Å². The first-order chi connectivity index (χ1) is 11.1. The molecule has 0 unspecified atom stereocenters. The van der Waals surface area contributed by atoms with Gasteiger partial charge < -0.3 is 4.74 Å². The highest BCUT2D eigenvalue weighted by Gasteiger charge is 2.15. The molecule has 0 aliphatic heterocycles. The number of thiazole rings is 1. The minimum absolute atomic E-state index is 0.0471. The molecule has 1 aromatic carbocycles. The van der Waals surface area contributed by atoms with Crippen molar-refractivity contribution in [1.82, 2.24) is 14.8 Å². The molecule has 1 N–H and O–H groups in total. The maximum Gasteiger partial charge on any atom is 0.359 e. The van der Waals surface area contributed by atoms with Crippen LogP contribution in [0.1, 0.15) is 16.2 Å². The van der Waals surface area contributed by atoms with Gasteiger partial charge in [0.05, 0.1) is 11.9 Å². The molecule has 0 atom stereocenters. The zero-order chi connectivity index (χ0) is 16.4. The number of aromatic amines is 1. The van der Waals surface area contributed by atoms with Gasteiger partial charge in [0, 0.05) is 16.5 Å². The highest BCUT2D eigenvalue weighted by atomic mass is 32.1. The first kappa shape index (κ1) is 15.2. The molecule has 23 heavy (non-hydrogen) atoms. The van der Waals surface area contributed by atoms with Gasteiger partial charge in [0.15, 0.2) is 5.69 Å². The summed E-state index contributed by atoms with van der Waals surface area (Å²) in [6.45, 7) is 2.14. The highest BCUT2D eigenvalue weighted by molar-refractivity contribution is 7.07. The van der Waals surface area contributed by atoms with Gasteiger partial charge in [-0.2, -0.15) is 5.10 Å². The third-order valence-corrected chi connectivity index (χ3v) is 4.29. The van der Waals surface area contributed by atoms with Gasteiger partial charge in [-0.1, -0.05) is 29.5 Å². The minimum atomic E-state index is -0.640. The summed E-state index contributed by atoms with van der Waals surface area (Å²) >= 11 is 1.10. The summed E-state index contributed by atoms with van der Waals surface area (Å²) in [6.07, 6.45) is 0. The number of carbonyl (C=O) groups is 1. The number of carbonyl (C=O) groups excluding carboxylic acids is 1. The first-order valence-corrected chi connectivity index (χ1v) is 7.75. The van der Waals surface area contributed by atoms with Crippen molar-refractivity contribution in [3.05, 3.63) is 61.1 Å². The Bertz CT molecular complexity index is 986. The number of esters is 1. The number of nitrogens with one attached hydrogen (secondary N) is 1. The number of hydrogen-bond donors (Lipinski definition) is 1. The van der Waals surface area contributed by atoms with Gasteiger partial charge >= 0.3 is 10.8 Å². The van der Waals surface area contributed by atoms with Crippen molar-refractivity contribution in [2.24, 2.45) is 0 Å². The topological polar surface area (TPSA) is 94.0 Å². The zero-order valence-corrected chi connectivity index (χ0v) is 13.1. The van der Waals surface area contributed by atoms with Crippen molar-refractivity contribution < 1.29 is 9.53 Å². The molecule has 0 aliphatic rings. The molecule has 3 aromatic rings. The van der Waals surface area contributed by atoms with Crippen LogP contribution in [0.3, 0.4) is 0 Å². The van der Waals surface area contributed by atoms with Gasteiger partial charge in [-0.15, -0.1) is 0 Å². The van der Waals surface area contributed by atoms with Gasteiger partial charge in [-0.3, -0.25) is 14.2 Å². The summed E-state index contributed by atoms with van der Waals surface area (Å²) in [4.78, 5) is 35.4. The van der Waals surface area contributed by atoms with Crippen molar-refractivity contribution in [2.45, 2.75) is 13.5 Å². The maximum absolute atomic E-state index is 12.2. The van der Waals surface area contributed by atoms with E-state index in [4.69, 9.17) is 4.74 Å². The van der Waals surface area contributed by atoms with Crippen LogP contribution in [0.5, 0.6) is 0 Å². The predicted octanol–water partition coefficient (Wildman–Crippen LogP) is 1.31. The second-order valence-corrected chi connectivity index (χ2v) is 5.70. The van der Waals surface area contributed by atoms with Crippen LogP contribution in [0.2, 0.25) is 0 Å². The smallest absolute Gasteiger partial charge is 0.359 e. The first-order valence-electron chi connectivity index (χ1n) is 6.87. The lowest BCUT2D eigenvalue weighted by Gasteiger charge is -2.07. The number of ether oxygens (including phenoxy) is 1. The number of hydrogen-bond acceptors (Lipinski definition) is 6. The number of aryl methyl sites for hydroxylation is 1. The van der Waals surface area contributed by atoms with E-state index in [1.165, 1.54) is 4.57 Å². The van der Waals surface area contributed by atoms with E-state index in [0.717, 1.165) is 17.0 Å². The maximum atomic E-state index is 12.2. The molecule has 0 saturated carbocycles. The fraction of sp³-hybridized carbons (Fsp3) is 0.200. The van der Waals surface area contributed by atoms with Crippen LogP contribution in [0.4, 0.5) is 0 Å².